The molecule has 1 unspecified atom stereocenters. The number of rotatable bonds is 5. The van der Waals surface area contributed by atoms with Gasteiger partial charge in [-0.2, -0.15) is 9.97 Å². The van der Waals surface area contributed by atoms with Crippen molar-refractivity contribution in [3.8, 4) is 0 Å². The topological polar surface area (TPSA) is 204 Å². The fourth-order valence-corrected chi connectivity index (χ4v) is 3.40. The van der Waals surface area contributed by atoms with Crippen LogP contribution in [0.25, 0.3) is 11.2 Å². The molecule has 154 valence electrons. The number of fused-ring (bicyclic) bond motifs is 1. The van der Waals surface area contributed by atoms with Gasteiger partial charge >= 0.3 is 0 Å². The van der Waals surface area contributed by atoms with Crippen LogP contribution in [0, 0.1) is 0 Å². The number of aromatic nitrogens is 4. The number of aliphatic hydroxyl groups excluding tert-OH is 4. The number of nitrogens with zero attached hydrogens (tertiary/aromatic N) is 4. The molecule has 13 heteroatoms. The lowest BCUT2D eigenvalue weighted by atomic mass is 10.1. The van der Waals surface area contributed by atoms with Crippen LogP contribution in [0.5, 0.6) is 0 Å². The number of hydrogen-bond donors (Lipinski definition) is 6. The summed E-state index contributed by atoms with van der Waals surface area (Å²) in [5.74, 6) is 0.0274. The van der Waals surface area contributed by atoms with Crippen molar-refractivity contribution < 1.29 is 34.6 Å². The van der Waals surface area contributed by atoms with E-state index in [0.29, 0.717) is 5.52 Å². The van der Waals surface area contributed by atoms with Gasteiger partial charge in [0, 0.05) is 6.42 Å². The molecule has 4 rings (SSSR count). The predicted octanol–water partition coefficient (Wildman–Crippen LogP) is -2.91. The number of nitrogen functional groups attached to an aromatic ring is 2. The number of hydrogen-bond acceptors (Lipinski definition) is 12. The van der Waals surface area contributed by atoms with E-state index in [4.69, 9.17) is 30.8 Å². The summed E-state index contributed by atoms with van der Waals surface area (Å²) in [5, 5.41) is 39.6. The predicted molar refractivity (Wildman–Crippen MR) is 92.4 cm³/mol. The molecule has 2 saturated heterocycles. The zero-order valence-corrected chi connectivity index (χ0v) is 14.7. The highest BCUT2D eigenvalue weighted by Gasteiger charge is 2.45. The van der Waals surface area contributed by atoms with E-state index in [2.05, 4.69) is 15.0 Å². The molecular weight excluding hydrogens is 376 g/mol. The second-order valence-electron chi connectivity index (χ2n) is 6.76. The molecule has 2 aliphatic rings. The standard InChI is InChI=1S/C15H22N6O7/c16-12-9-13(20-15(17)19-12)21(4-18-9)14-11(25)10(24)7(28-14)3-26-8-1-5(23)6(2-22)27-8/h4-8,10-11,14,22-25H,1-3H2,(H4,16,17,19,20)/t5-,6+,7+,8?,10+,11+,14+/m0/s1. The molecule has 2 aliphatic heterocycles. The van der Waals surface area contributed by atoms with Gasteiger partial charge in [-0.25, -0.2) is 4.98 Å². The van der Waals surface area contributed by atoms with Crippen LogP contribution < -0.4 is 11.5 Å². The van der Waals surface area contributed by atoms with Crippen molar-refractivity contribution in [3.05, 3.63) is 6.33 Å². The number of aliphatic hydroxyl groups is 4. The van der Waals surface area contributed by atoms with Gasteiger partial charge in [-0.3, -0.25) is 4.57 Å². The van der Waals surface area contributed by atoms with Crippen LogP contribution in [0.1, 0.15) is 12.6 Å². The van der Waals surface area contributed by atoms with E-state index in [0.717, 1.165) is 0 Å². The molecule has 8 N–H and O–H groups in total. The monoisotopic (exact) mass is 398 g/mol. The van der Waals surface area contributed by atoms with Crippen LogP contribution in [-0.4, -0.2) is 90.0 Å². The summed E-state index contributed by atoms with van der Waals surface area (Å²) >= 11 is 0. The molecule has 2 fully saturated rings. The fraction of sp³-hybridized carbons (Fsp3) is 0.667. The molecule has 0 amide bonds. The zero-order chi connectivity index (χ0) is 20.0. The number of ether oxygens (including phenoxy) is 3. The van der Waals surface area contributed by atoms with E-state index in [1.807, 2.05) is 0 Å². The van der Waals surface area contributed by atoms with Crippen LogP contribution in [-0.2, 0) is 14.2 Å². The minimum Gasteiger partial charge on any atom is -0.394 e. The Labute approximate surface area is 158 Å². The summed E-state index contributed by atoms with van der Waals surface area (Å²) in [7, 11) is 0. The molecule has 0 bridgehead atoms. The van der Waals surface area contributed by atoms with Crippen molar-refractivity contribution in [3.63, 3.8) is 0 Å². The Morgan fingerprint density at radius 1 is 1.14 bits per heavy atom. The molecule has 2 aromatic heterocycles. The Balaban J connectivity index is 1.47. The van der Waals surface area contributed by atoms with E-state index in [1.54, 1.807) is 0 Å². The van der Waals surface area contributed by atoms with E-state index in [9.17, 15) is 15.3 Å². The Bertz CT molecular complexity index is 850. The first-order valence-electron chi connectivity index (χ1n) is 8.72. The first kappa shape index (κ1) is 19.2. The van der Waals surface area contributed by atoms with E-state index in [-0.39, 0.29) is 37.0 Å². The highest BCUT2D eigenvalue weighted by Crippen LogP contribution is 2.33. The van der Waals surface area contributed by atoms with Gasteiger partial charge in [-0.05, 0) is 0 Å². The molecular formula is C15H22N6O7. The third kappa shape index (κ3) is 3.26. The van der Waals surface area contributed by atoms with E-state index >= 15 is 0 Å². The largest absolute Gasteiger partial charge is 0.394 e. The van der Waals surface area contributed by atoms with Crippen molar-refractivity contribution in [2.24, 2.45) is 0 Å². The van der Waals surface area contributed by atoms with Crippen molar-refractivity contribution in [1.82, 2.24) is 19.5 Å². The van der Waals surface area contributed by atoms with Crippen LogP contribution in [0.2, 0.25) is 0 Å². The van der Waals surface area contributed by atoms with Crippen molar-refractivity contribution in [1.29, 1.82) is 0 Å². The van der Waals surface area contributed by atoms with Crippen LogP contribution in [0.15, 0.2) is 6.33 Å². The van der Waals surface area contributed by atoms with Crippen molar-refractivity contribution in [2.75, 3.05) is 24.7 Å². The van der Waals surface area contributed by atoms with Gasteiger partial charge in [-0.1, -0.05) is 0 Å². The molecule has 0 saturated carbocycles. The molecule has 0 aromatic carbocycles. The maximum atomic E-state index is 10.4. The molecule has 0 radical (unpaired) electrons. The third-order valence-electron chi connectivity index (χ3n) is 4.89. The highest BCUT2D eigenvalue weighted by molar-refractivity contribution is 5.82. The molecule has 0 spiro atoms. The van der Waals surface area contributed by atoms with Crippen LogP contribution in [0.3, 0.4) is 0 Å². The maximum absolute atomic E-state index is 10.4. The fourth-order valence-electron chi connectivity index (χ4n) is 3.40. The molecule has 7 atom stereocenters. The first-order valence-corrected chi connectivity index (χ1v) is 8.72. The summed E-state index contributed by atoms with van der Waals surface area (Å²) in [6, 6.07) is 0. The second-order valence-corrected chi connectivity index (χ2v) is 6.76. The Kier molecular flexibility index (Phi) is 5.05. The normalized spacial score (nSPS) is 35.8. The summed E-state index contributed by atoms with van der Waals surface area (Å²) in [6.45, 7) is -0.428. The maximum Gasteiger partial charge on any atom is 0.224 e. The van der Waals surface area contributed by atoms with Crippen molar-refractivity contribution >= 4 is 22.9 Å². The summed E-state index contributed by atoms with van der Waals surface area (Å²) in [4.78, 5) is 12.0. The third-order valence-corrected chi connectivity index (χ3v) is 4.89. The molecule has 13 nitrogen and oxygen atoms in total. The summed E-state index contributed by atoms with van der Waals surface area (Å²) < 4.78 is 18.0. The van der Waals surface area contributed by atoms with E-state index in [1.165, 1.54) is 10.9 Å². The van der Waals surface area contributed by atoms with Gasteiger partial charge in [0.2, 0.25) is 5.95 Å². The number of imidazole rings is 1. The van der Waals surface area contributed by atoms with Crippen LogP contribution in [0.4, 0.5) is 11.8 Å². The minimum absolute atomic E-state index is 0.0601. The van der Waals surface area contributed by atoms with Gasteiger partial charge in [0.05, 0.1) is 25.6 Å². The minimum atomic E-state index is -1.29. The molecule has 28 heavy (non-hydrogen) atoms. The SMILES string of the molecule is Nc1nc(N)c2ncn([C@@H]3O[C@H](COC4C[C@H](O)[C@@H](CO)O4)[C@@H](O)[C@H]3O)c2n1. The van der Waals surface area contributed by atoms with Gasteiger partial charge in [-0.15, -0.1) is 0 Å². The van der Waals surface area contributed by atoms with Gasteiger partial charge in [0.15, 0.2) is 24.0 Å². The van der Waals surface area contributed by atoms with Gasteiger partial charge in [0.1, 0.15) is 29.9 Å². The molecule has 2 aromatic rings. The Morgan fingerprint density at radius 2 is 1.93 bits per heavy atom. The smallest absolute Gasteiger partial charge is 0.224 e. The lowest BCUT2D eigenvalue weighted by Gasteiger charge is -2.18. The average molecular weight is 398 g/mol. The van der Waals surface area contributed by atoms with Crippen LogP contribution >= 0.6 is 0 Å². The quantitative estimate of drug-likeness (QED) is 0.300. The number of nitrogens with two attached hydrogens (primary N) is 2. The lowest BCUT2D eigenvalue weighted by Crippen LogP contribution is -2.35. The van der Waals surface area contributed by atoms with Gasteiger partial charge in [0.25, 0.3) is 0 Å². The second kappa shape index (κ2) is 7.36. The molecule has 4 heterocycles. The number of anilines is 2. The lowest BCUT2D eigenvalue weighted by molar-refractivity contribution is -0.168. The van der Waals surface area contributed by atoms with Crippen molar-refractivity contribution in [2.45, 2.75) is 49.5 Å². The molecule has 0 aliphatic carbocycles. The summed E-state index contributed by atoms with van der Waals surface area (Å²) in [6.07, 6.45) is -5.17. The zero-order valence-electron chi connectivity index (χ0n) is 14.7. The Hall–Kier alpha value is -2.13. The highest BCUT2D eigenvalue weighted by atomic mass is 16.7. The summed E-state index contributed by atoms with van der Waals surface area (Å²) in [5.41, 5.74) is 12.0. The van der Waals surface area contributed by atoms with E-state index < -0.39 is 43.0 Å². The Morgan fingerprint density at radius 3 is 2.64 bits per heavy atom. The average Bonchev–Trinajstić information content (AvgIpc) is 3.31. The van der Waals surface area contributed by atoms with Gasteiger partial charge < -0.3 is 46.1 Å². The first-order chi connectivity index (χ1) is 13.4.